The van der Waals surface area contributed by atoms with Gasteiger partial charge in [0.1, 0.15) is 19.3 Å². The Labute approximate surface area is 607 Å². The summed E-state index contributed by atoms with van der Waals surface area (Å²) >= 11 is 0. The standard InChI is InChI=1S/C81H142O17P2/c1-5-9-13-17-21-25-29-33-36-37-40-43-46-50-54-58-62-66-79(84)92-72-77(98-81(86)68-64-60-56-52-48-44-39-35-31-27-23-19-15-11-7-3)74-96-100(89,90)94-70-75(82)69-93-99(87,88)95-73-76(97-80(85)67-63-59-55-51-47-41-32-28-24-20-16-12-8-4)71-91-78(83)65-61-57-53-49-45-42-38-34-30-26-22-18-14-10-6-2/h9-10,13-14,21-22,25-26,33-36,38-40,43,75-77,82H,5-8,11-12,15-20,23-24,27-32,37,41-42,44-74H2,1-4H3,(H,87,88)(H,89,90)/b13-9-,14-10-,25-21-,26-22-,36-33-,38-34-,39-35-,43-40-. The molecule has 0 aliphatic rings. The molecule has 5 atom stereocenters. The summed E-state index contributed by atoms with van der Waals surface area (Å²) in [6, 6.07) is 0. The Morgan fingerprint density at radius 2 is 0.520 bits per heavy atom. The summed E-state index contributed by atoms with van der Waals surface area (Å²) in [5.74, 6) is -2.21. The smallest absolute Gasteiger partial charge is 0.462 e. The van der Waals surface area contributed by atoms with Gasteiger partial charge in [-0.2, -0.15) is 0 Å². The summed E-state index contributed by atoms with van der Waals surface area (Å²) in [5, 5.41) is 10.6. The van der Waals surface area contributed by atoms with Crippen LogP contribution in [0.1, 0.15) is 336 Å². The first-order valence-corrected chi connectivity index (χ1v) is 42.5. The second-order valence-electron chi connectivity index (χ2n) is 26.2. The topological polar surface area (TPSA) is 237 Å². The molecule has 0 aliphatic heterocycles. The minimum atomic E-state index is -4.98. The highest BCUT2D eigenvalue weighted by Crippen LogP contribution is 2.45. The molecule has 100 heavy (non-hydrogen) atoms. The Hall–Kier alpha value is -4.02. The maximum Gasteiger partial charge on any atom is 0.472 e. The molecule has 0 heterocycles. The third-order valence-electron chi connectivity index (χ3n) is 16.5. The predicted molar refractivity (Wildman–Crippen MR) is 409 cm³/mol. The Balaban J connectivity index is 5.37. The molecular weight excluding hydrogens is 1310 g/mol. The maximum atomic E-state index is 13.1. The van der Waals surface area contributed by atoms with Crippen molar-refractivity contribution < 1.29 is 80.2 Å². The van der Waals surface area contributed by atoms with Crippen LogP contribution in [0.15, 0.2) is 97.2 Å². The maximum absolute atomic E-state index is 13.1. The van der Waals surface area contributed by atoms with Crippen LogP contribution in [-0.4, -0.2) is 96.7 Å². The van der Waals surface area contributed by atoms with E-state index < -0.39 is 97.5 Å². The fourth-order valence-corrected chi connectivity index (χ4v) is 12.2. The van der Waals surface area contributed by atoms with Gasteiger partial charge in [0.25, 0.3) is 0 Å². The molecule has 0 rings (SSSR count). The number of aliphatic hydroxyl groups excluding tert-OH is 1. The zero-order valence-electron chi connectivity index (χ0n) is 63.1. The van der Waals surface area contributed by atoms with E-state index in [1.54, 1.807) is 0 Å². The zero-order valence-corrected chi connectivity index (χ0v) is 64.9. The number of unbranched alkanes of at least 4 members (excludes halogenated alkanes) is 32. The molecule has 0 aromatic carbocycles. The molecule has 0 aromatic heterocycles. The number of rotatable bonds is 74. The fraction of sp³-hybridized carbons (Fsp3) is 0.753. The number of hydrogen-bond donors (Lipinski definition) is 3. The third kappa shape index (κ3) is 72.3. The average Bonchev–Trinajstić information content (AvgIpc) is 1.06. The van der Waals surface area contributed by atoms with Crippen LogP contribution in [0.3, 0.4) is 0 Å². The lowest BCUT2D eigenvalue weighted by Crippen LogP contribution is -2.30. The molecule has 3 N–H and O–H groups in total. The molecule has 19 heteroatoms. The number of ether oxygens (including phenoxy) is 4. The molecule has 0 saturated carbocycles. The summed E-state index contributed by atoms with van der Waals surface area (Å²) in [4.78, 5) is 72.9. The predicted octanol–water partition coefficient (Wildman–Crippen LogP) is 22.8. The van der Waals surface area contributed by atoms with E-state index in [2.05, 4.69) is 125 Å². The van der Waals surface area contributed by atoms with Gasteiger partial charge in [-0.25, -0.2) is 9.13 Å². The summed E-state index contributed by atoms with van der Waals surface area (Å²) in [5.41, 5.74) is 0. The van der Waals surface area contributed by atoms with Gasteiger partial charge in [-0.1, -0.05) is 285 Å². The van der Waals surface area contributed by atoms with Crippen molar-refractivity contribution in [1.82, 2.24) is 0 Å². The minimum absolute atomic E-state index is 0.0799. The van der Waals surface area contributed by atoms with Crippen molar-refractivity contribution in [3.63, 3.8) is 0 Å². The lowest BCUT2D eigenvalue weighted by molar-refractivity contribution is -0.161. The molecule has 578 valence electrons. The van der Waals surface area contributed by atoms with E-state index in [0.29, 0.717) is 25.7 Å². The van der Waals surface area contributed by atoms with E-state index in [-0.39, 0.29) is 25.7 Å². The van der Waals surface area contributed by atoms with Crippen molar-refractivity contribution in [2.24, 2.45) is 0 Å². The van der Waals surface area contributed by atoms with Gasteiger partial charge in [0.2, 0.25) is 0 Å². The van der Waals surface area contributed by atoms with Gasteiger partial charge >= 0.3 is 39.5 Å². The molecule has 0 amide bonds. The number of carbonyl (C=O) groups is 4. The zero-order chi connectivity index (χ0) is 73.2. The molecule has 0 fully saturated rings. The summed E-state index contributed by atoms with van der Waals surface area (Å²) in [6.07, 6.45) is 76.7. The molecular formula is C81H142O17P2. The first-order chi connectivity index (χ1) is 48.7. The normalized spacial score (nSPS) is 14.4. The number of esters is 4. The fourth-order valence-electron chi connectivity index (χ4n) is 10.6. The molecule has 0 bridgehead atoms. The molecule has 5 unspecified atom stereocenters. The van der Waals surface area contributed by atoms with Crippen LogP contribution in [0.25, 0.3) is 0 Å². The molecule has 0 saturated heterocycles. The second-order valence-corrected chi connectivity index (χ2v) is 29.2. The Kier molecular flexibility index (Phi) is 70.4. The first kappa shape index (κ1) is 96.0. The lowest BCUT2D eigenvalue weighted by atomic mass is 10.0. The van der Waals surface area contributed by atoms with Crippen molar-refractivity contribution >= 4 is 39.5 Å². The van der Waals surface area contributed by atoms with Crippen LogP contribution in [0.4, 0.5) is 0 Å². The molecule has 17 nitrogen and oxygen atoms in total. The Bertz CT molecular complexity index is 2270. The highest BCUT2D eigenvalue weighted by atomic mass is 31.2. The van der Waals surface area contributed by atoms with Gasteiger partial charge in [-0.15, -0.1) is 0 Å². The van der Waals surface area contributed by atoms with Crippen LogP contribution in [0.5, 0.6) is 0 Å². The first-order valence-electron chi connectivity index (χ1n) is 39.5. The molecule has 0 aromatic rings. The summed E-state index contributed by atoms with van der Waals surface area (Å²) in [6.45, 7) is 4.63. The van der Waals surface area contributed by atoms with Crippen molar-refractivity contribution in [1.29, 1.82) is 0 Å². The van der Waals surface area contributed by atoms with E-state index in [4.69, 9.17) is 37.0 Å². The average molecular weight is 1450 g/mol. The summed E-state index contributed by atoms with van der Waals surface area (Å²) < 4.78 is 68.5. The van der Waals surface area contributed by atoms with Gasteiger partial charge in [-0.3, -0.25) is 37.3 Å². The Morgan fingerprint density at radius 3 is 0.810 bits per heavy atom. The number of aliphatic hydroxyl groups is 1. The van der Waals surface area contributed by atoms with Gasteiger partial charge in [0.15, 0.2) is 12.2 Å². The highest BCUT2D eigenvalue weighted by molar-refractivity contribution is 7.47. The van der Waals surface area contributed by atoms with Crippen LogP contribution in [-0.2, 0) is 65.4 Å². The van der Waals surface area contributed by atoms with Gasteiger partial charge in [0, 0.05) is 25.7 Å². The van der Waals surface area contributed by atoms with E-state index >= 15 is 0 Å². The number of hydrogen-bond acceptors (Lipinski definition) is 15. The van der Waals surface area contributed by atoms with Gasteiger partial charge in [-0.05, 0) is 122 Å². The van der Waals surface area contributed by atoms with Crippen LogP contribution < -0.4 is 0 Å². The molecule has 0 radical (unpaired) electrons. The number of phosphoric acid groups is 2. The minimum Gasteiger partial charge on any atom is -0.462 e. The van der Waals surface area contributed by atoms with E-state index in [1.165, 1.54) is 89.9 Å². The van der Waals surface area contributed by atoms with Crippen molar-refractivity contribution in [3.05, 3.63) is 97.2 Å². The van der Waals surface area contributed by atoms with Crippen LogP contribution in [0, 0.1) is 0 Å². The quantitative estimate of drug-likeness (QED) is 0.0169. The molecule has 0 spiro atoms. The van der Waals surface area contributed by atoms with Crippen molar-refractivity contribution in [3.8, 4) is 0 Å². The van der Waals surface area contributed by atoms with Gasteiger partial charge in [0.05, 0.1) is 26.4 Å². The lowest BCUT2D eigenvalue weighted by Gasteiger charge is -2.21. The molecule has 0 aliphatic carbocycles. The van der Waals surface area contributed by atoms with E-state index in [0.717, 1.165) is 167 Å². The van der Waals surface area contributed by atoms with Gasteiger partial charge < -0.3 is 33.8 Å². The number of phosphoric ester groups is 2. The number of carbonyl (C=O) groups excluding carboxylic acids is 4. The Morgan fingerprint density at radius 1 is 0.290 bits per heavy atom. The van der Waals surface area contributed by atoms with Crippen molar-refractivity contribution in [2.45, 2.75) is 354 Å². The largest absolute Gasteiger partial charge is 0.472 e. The van der Waals surface area contributed by atoms with E-state index in [1.807, 2.05) is 0 Å². The monoisotopic (exact) mass is 1450 g/mol. The summed E-state index contributed by atoms with van der Waals surface area (Å²) in [7, 11) is -9.96. The highest BCUT2D eigenvalue weighted by Gasteiger charge is 2.30. The van der Waals surface area contributed by atoms with E-state index in [9.17, 15) is 43.2 Å². The number of allylic oxidation sites excluding steroid dienone is 16. The van der Waals surface area contributed by atoms with Crippen LogP contribution >= 0.6 is 15.6 Å². The van der Waals surface area contributed by atoms with Crippen molar-refractivity contribution in [2.75, 3.05) is 39.6 Å². The SMILES string of the molecule is CC/C=C\C/C=C\C/C=C\C/C=C\CCCCCCC(=O)OCC(COP(=O)(O)OCC(O)COP(=O)(O)OCC(COC(=O)CCCCCCC/C=C\C/C=C\C/C=C\CC)OC(=O)CCCCCCCCCCCCCCC)OC(=O)CCCCCCC/C=C\CCCCCCCC. The van der Waals surface area contributed by atoms with Crippen LogP contribution in [0.2, 0.25) is 0 Å². The second kappa shape index (κ2) is 73.3. The third-order valence-corrected chi connectivity index (χ3v) is 18.4.